The van der Waals surface area contributed by atoms with Gasteiger partial charge in [0.2, 0.25) is 0 Å². The molecule has 0 amide bonds. The molecule has 108 valence electrons. The average molecular weight is 302 g/mol. The Morgan fingerprint density at radius 1 is 1.24 bits per heavy atom. The molecule has 0 saturated carbocycles. The van der Waals surface area contributed by atoms with E-state index in [-0.39, 0.29) is 6.04 Å². The Kier molecular flexibility index (Phi) is 5.09. The predicted octanol–water partition coefficient (Wildman–Crippen LogP) is 2.72. The van der Waals surface area contributed by atoms with Gasteiger partial charge in [-0.2, -0.15) is 5.26 Å². The van der Waals surface area contributed by atoms with Gasteiger partial charge in [0.05, 0.1) is 6.04 Å². The summed E-state index contributed by atoms with van der Waals surface area (Å²) in [6, 6.07) is 9.90. The van der Waals surface area contributed by atoms with Gasteiger partial charge >= 0.3 is 0 Å². The quantitative estimate of drug-likeness (QED) is 0.920. The first kappa shape index (κ1) is 15.2. The lowest BCUT2D eigenvalue weighted by Crippen LogP contribution is -2.27. The maximum atomic E-state index is 9.02. The Labute approximate surface area is 129 Å². The van der Waals surface area contributed by atoms with Crippen LogP contribution < -0.4 is 5.32 Å². The fraction of sp³-hybridized carbons (Fsp3) is 0.267. The molecular formula is C15H16ClN5. The van der Waals surface area contributed by atoms with Crippen molar-refractivity contribution in [3.63, 3.8) is 0 Å². The molecule has 0 fully saturated rings. The summed E-state index contributed by atoms with van der Waals surface area (Å²) in [6.07, 6.45) is 3.07. The van der Waals surface area contributed by atoms with E-state index in [0.29, 0.717) is 23.1 Å². The lowest BCUT2D eigenvalue weighted by atomic mass is 10.1. The summed E-state index contributed by atoms with van der Waals surface area (Å²) < 4.78 is 0. The van der Waals surface area contributed by atoms with Crippen LogP contribution in [0.5, 0.6) is 0 Å². The van der Waals surface area contributed by atoms with E-state index < -0.39 is 0 Å². The van der Waals surface area contributed by atoms with Gasteiger partial charge in [-0.25, -0.2) is 9.97 Å². The molecule has 2 rings (SSSR count). The molecule has 0 bridgehead atoms. The molecule has 0 aliphatic carbocycles. The number of benzene rings is 1. The summed E-state index contributed by atoms with van der Waals surface area (Å²) in [4.78, 5) is 10.2. The Balaban J connectivity index is 2.14. The molecule has 0 saturated heterocycles. The molecule has 1 N–H and O–H groups in total. The van der Waals surface area contributed by atoms with E-state index >= 15 is 0 Å². The van der Waals surface area contributed by atoms with E-state index in [2.05, 4.69) is 20.2 Å². The lowest BCUT2D eigenvalue weighted by Gasteiger charge is -2.25. The summed E-state index contributed by atoms with van der Waals surface area (Å²) >= 11 is 5.92. The zero-order valence-electron chi connectivity index (χ0n) is 11.9. The van der Waals surface area contributed by atoms with Crippen LogP contribution in [-0.2, 0) is 0 Å². The maximum absolute atomic E-state index is 9.02. The fourth-order valence-electron chi connectivity index (χ4n) is 2.03. The zero-order chi connectivity index (χ0) is 15.2. The summed E-state index contributed by atoms with van der Waals surface area (Å²) in [7, 11) is 4.01. The number of anilines is 1. The maximum Gasteiger partial charge on any atom is 0.182 e. The van der Waals surface area contributed by atoms with Gasteiger partial charge in [-0.15, -0.1) is 0 Å². The highest BCUT2D eigenvalue weighted by atomic mass is 35.5. The fourth-order valence-corrected chi connectivity index (χ4v) is 2.15. The van der Waals surface area contributed by atoms with Gasteiger partial charge in [0.25, 0.3) is 0 Å². The SMILES string of the molecule is CN(C)C(CNc1nccnc1C#N)c1ccc(Cl)cc1. The van der Waals surface area contributed by atoms with Crippen LogP contribution in [0.1, 0.15) is 17.3 Å². The molecule has 5 nitrogen and oxygen atoms in total. The van der Waals surface area contributed by atoms with E-state index in [1.807, 2.05) is 44.4 Å². The van der Waals surface area contributed by atoms with Crippen LogP contribution in [0.2, 0.25) is 5.02 Å². The van der Waals surface area contributed by atoms with E-state index in [1.54, 1.807) is 6.20 Å². The van der Waals surface area contributed by atoms with Gasteiger partial charge in [0.15, 0.2) is 11.5 Å². The molecule has 0 aliphatic rings. The number of likely N-dealkylation sites (N-methyl/N-ethyl adjacent to an activating group) is 1. The van der Waals surface area contributed by atoms with Crippen LogP contribution in [0.3, 0.4) is 0 Å². The smallest absolute Gasteiger partial charge is 0.182 e. The molecule has 1 atom stereocenters. The standard InChI is InChI=1S/C15H16ClN5/c1-21(2)14(11-3-5-12(16)6-4-11)10-20-15-13(9-17)18-7-8-19-15/h3-8,14H,10H2,1-2H3,(H,19,20). The van der Waals surface area contributed by atoms with Crippen molar-refractivity contribution < 1.29 is 0 Å². The summed E-state index contributed by atoms with van der Waals surface area (Å²) in [5.74, 6) is 0.501. The summed E-state index contributed by atoms with van der Waals surface area (Å²) in [6.45, 7) is 0.613. The summed E-state index contributed by atoms with van der Waals surface area (Å²) in [5.41, 5.74) is 1.44. The van der Waals surface area contributed by atoms with Crippen molar-refractivity contribution >= 4 is 17.4 Å². The minimum Gasteiger partial charge on any atom is -0.366 e. The highest BCUT2D eigenvalue weighted by molar-refractivity contribution is 6.30. The molecule has 0 radical (unpaired) electrons. The predicted molar refractivity (Wildman–Crippen MR) is 83.1 cm³/mol. The number of halogens is 1. The van der Waals surface area contributed by atoms with Crippen molar-refractivity contribution in [3.8, 4) is 6.07 Å². The summed E-state index contributed by atoms with van der Waals surface area (Å²) in [5, 5.41) is 12.9. The topological polar surface area (TPSA) is 64.8 Å². The number of aromatic nitrogens is 2. The molecule has 0 spiro atoms. The first-order valence-corrected chi connectivity index (χ1v) is 6.86. The molecular weight excluding hydrogens is 286 g/mol. The van der Waals surface area contributed by atoms with Gasteiger partial charge in [-0.1, -0.05) is 23.7 Å². The van der Waals surface area contributed by atoms with Crippen molar-refractivity contribution in [2.75, 3.05) is 26.0 Å². The van der Waals surface area contributed by atoms with Crippen molar-refractivity contribution in [1.82, 2.24) is 14.9 Å². The molecule has 6 heteroatoms. The minimum absolute atomic E-state index is 0.135. The van der Waals surface area contributed by atoms with Crippen molar-refractivity contribution in [1.29, 1.82) is 5.26 Å². The van der Waals surface area contributed by atoms with Gasteiger partial charge in [0, 0.05) is 24.0 Å². The normalized spacial score (nSPS) is 12.0. The second-order valence-corrected chi connectivity index (χ2v) is 5.21. The van der Waals surface area contributed by atoms with Gasteiger partial charge in [0.1, 0.15) is 6.07 Å². The first-order chi connectivity index (χ1) is 10.1. The molecule has 1 aromatic heterocycles. The third-order valence-electron chi connectivity index (χ3n) is 3.15. The number of nitriles is 1. The Hall–Kier alpha value is -2.16. The van der Waals surface area contributed by atoms with Crippen molar-refractivity contribution in [3.05, 3.63) is 52.9 Å². The van der Waals surface area contributed by atoms with E-state index in [9.17, 15) is 0 Å². The molecule has 21 heavy (non-hydrogen) atoms. The van der Waals surface area contributed by atoms with Gasteiger partial charge in [-0.3, -0.25) is 0 Å². The highest BCUT2D eigenvalue weighted by Crippen LogP contribution is 2.21. The third-order valence-corrected chi connectivity index (χ3v) is 3.40. The van der Waals surface area contributed by atoms with Crippen molar-refractivity contribution in [2.45, 2.75) is 6.04 Å². The second-order valence-electron chi connectivity index (χ2n) is 4.78. The number of hydrogen-bond donors (Lipinski definition) is 1. The number of rotatable bonds is 5. The average Bonchev–Trinajstić information content (AvgIpc) is 2.49. The van der Waals surface area contributed by atoms with Crippen LogP contribution in [0.25, 0.3) is 0 Å². The molecule has 2 aromatic rings. The van der Waals surface area contributed by atoms with E-state index in [0.717, 1.165) is 5.56 Å². The van der Waals surface area contributed by atoms with E-state index in [1.165, 1.54) is 6.20 Å². The largest absolute Gasteiger partial charge is 0.366 e. The minimum atomic E-state index is 0.135. The van der Waals surface area contributed by atoms with E-state index in [4.69, 9.17) is 16.9 Å². The molecule has 0 aliphatic heterocycles. The molecule has 1 aromatic carbocycles. The highest BCUT2D eigenvalue weighted by Gasteiger charge is 2.15. The van der Waals surface area contributed by atoms with Crippen LogP contribution in [-0.4, -0.2) is 35.5 Å². The van der Waals surface area contributed by atoms with Crippen LogP contribution >= 0.6 is 11.6 Å². The third kappa shape index (κ3) is 3.91. The zero-order valence-corrected chi connectivity index (χ0v) is 12.7. The van der Waals surface area contributed by atoms with Crippen LogP contribution in [0.4, 0.5) is 5.82 Å². The lowest BCUT2D eigenvalue weighted by molar-refractivity contribution is 0.311. The second kappa shape index (κ2) is 7.02. The van der Waals surface area contributed by atoms with Crippen LogP contribution in [0.15, 0.2) is 36.7 Å². The van der Waals surface area contributed by atoms with Crippen LogP contribution in [0, 0.1) is 11.3 Å². The number of nitrogens with one attached hydrogen (secondary N) is 1. The monoisotopic (exact) mass is 301 g/mol. The first-order valence-electron chi connectivity index (χ1n) is 6.48. The van der Waals surface area contributed by atoms with Crippen molar-refractivity contribution in [2.24, 2.45) is 0 Å². The molecule has 1 unspecified atom stereocenters. The number of nitrogens with zero attached hydrogens (tertiary/aromatic N) is 4. The number of hydrogen-bond acceptors (Lipinski definition) is 5. The Morgan fingerprint density at radius 3 is 2.52 bits per heavy atom. The Bertz CT molecular complexity index is 633. The molecule has 1 heterocycles. The Morgan fingerprint density at radius 2 is 1.90 bits per heavy atom. The van der Waals surface area contributed by atoms with Gasteiger partial charge in [-0.05, 0) is 31.8 Å². The van der Waals surface area contributed by atoms with Gasteiger partial charge < -0.3 is 10.2 Å².